The Kier molecular flexibility index (Phi) is 2.34. The van der Waals surface area contributed by atoms with Gasteiger partial charge in [0.05, 0.1) is 5.60 Å². The Morgan fingerprint density at radius 3 is 2.71 bits per heavy atom. The summed E-state index contributed by atoms with van der Waals surface area (Å²) in [7, 11) is 0. The van der Waals surface area contributed by atoms with Crippen molar-refractivity contribution in [3.8, 4) is 0 Å². The first-order valence-electron chi connectivity index (χ1n) is 7.24. The Morgan fingerprint density at radius 1 is 1.18 bits per heavy atom. The molecule has 0 aromatic carbocycles. The van der Waals surface area contributed by atoms with Gasteiger partial charge in [0.1, 0.15) is 0 Å². The zero-order chi connectivity index (χ0) is 12.3. The van der Waals surface area contributed by atoms with E-state index in [4.69, 9.17) is 4.74 Å². The van der Waals surface area contributed by atoms with E-state index >= 15 is 0 Å². The Labute approximate surface area is 106 Å². The van der Waals surface area contributed by atoms with E-state index in [9.17, 15) is 0 Å². The fourth-order valence-corrected chi connectivity index (χ4v) is 5.13. The second kappa shape index (κ2) is 3.38. The summed E-state index contributed by atoms with van der Waals surface area (Å²) in [5.74, 6) is 0.745. The van der Waals surface area contributed by atoms with Crippen molar-refractivity contribution in [2.24, 2.45) is 16.7 Å². The van der Waals surface area contributed by atoms with E-state index in [1.54, 1.807) is 5.57 Å². The first kappa shape index (κ1) is 11.8. The third-order valence-electron chi connectivity index (χ3n) is 5.90. The maximum absolute atomic E-state index is 6.08. The summed E-state index contributed by atoms with van der Waals surface area (Å²) in [5.41, 5.74) is 2.69. The van der Waals surface area contributed by atoms with Crippen molar-refractivity contribution in [2.75, 3.05) is 6.61 Å². The fourth-order valence-electron chi connectivity index (χ4n) is 5.13. The molecule has 0 bridgehead atoms. The predicted molar refractivity (Wildman–Crippen MR) is 70.9 cm³/mol. The van der Waals surface area contributed by atoms with E-state index < -0.39 is 0 Å². The maximum atomic E-state index is 6.08. The van der Waals surface area contributed by atoms with Crippen molar-refractivity contribution >= 4 is 0 Å². The van der Waals surface area contributed by atoms with Crippen molar-refractivity contribution in [1.82, 2.24) is 0 Å². The van der Waals surface area contributed by atoms with Gasteiger partial charge in [0.2, 0.25) is 0 Å². The molecule has 0 unspecified atom stereocenters. The van der Waals surface area contributed by atoms with Crippen LogP contribution in [0.5, 0.6) is 0 Å². The highest BCUT2D eigenvalue weighted by molar-refractivity contribution is 5.30. The molecule has 0 spiro atoms. The van der Waals surface area contributed by atoms with Crippen molar-refractivity contribution in [1.29, 1.82) is 0 Å². The van der Waals surface area contributed by atoms with Gasteiger partial charge in [0, 0.05) is 6.61 Å². The van der Waals surface area contributed by atoms with Crippen LogP contribution in [0, 0.1) is 16.7 Å². The number of fused-ring (bicyclic) bond motifs is 3. The van der Waals surface area contributed by atoms with Crippen LogP contribution in [0.3, 0.4) is 0 Å². The first-order valence-corrected chi connectivity index (χ1v) is 7.24. The monoisotopic (exact) mass is 234 g/mol. The van der Waals surface area contributed by atoms with Gasteiger partial charge in [-0.3, -0.25) is 0 Å². The van der Waals surface area contributed by atoms with Gasteiger partial charge in [0.25, 0.3) is 0 Å². The second-order valence-corrected chi connectivity index (χ2v) is 7.48. The average molecular weight is 234 g/mol. The number of ether oxygens (including phenoxy) is 1. The SMILES string of the molecule is CC1(C)CCC[C@]2(C)C1=CC[C@@]1(C)OCC[C@H]12. The highest BCUT2D eigenvalue weighted by Crippen LogP contribution is 2.62. The van der Waals surface area contributed by atoms with E-state index in [0.29, 0.717) is 10.8 Å². The molecule has 0 radical (unpaired) electrons. The minimum Gasteiger partial charge on any atom is -0.375 e. The molecule has 3 atom stereocenters. The quantitative estimate of drug-likeness (QED) is 0.567. The van der Waals surface area contributed by atoms with Gasteiger partial charge in [-0.25, -0.2) is 0 Å². The summed E-state index contributed by atoms with van der Waals surface area (Å²) < 4.78 is 6.08. The lowest BCUT2D eigenvalue weighted by atomic mass is 9.50. The molecule has 0 N–H and O–H groups in total. The molecule has 1 saturated carbocycles. The predicted octanol–water partition coefficient (Wildman–Crippen LogP) is 4.33. The maximum Gasteiger partial charge on any atom is 0.0726 e. The van der Waals surface area contributed by atoms with Crippen LogP contribution in [-0.2, 0) is 4.74 Å². The van der Waals surface area contributed by atoms with Crippen LogP contribution in [0.4, 0.5) is 0 Å². The highest BCUT2D eigenvalue weighted by Gasteiger charge is 2.56. The topological polar surface area (TPSA) is 9.23 Å². The molecule has 1 saturated heterocycles. The molecule has 1 heterocycles. The third kappa shape index (κ3) is 1.47. The second-order valence-electron chi connectivity index (χ2n) is 7.48. The zero-order valence-electron chi connectivity index (χ0n) is 11.8. The van der Waals surface area contributed by atoms with Crippen molar-refractivity contribution < 1.29 is 4.74 Å². The Balaban J connectivity index is 2.07. The molecule has 0 amide bonds. The Morgan fingerprint density at radius 2 is 1.94 bits per heavy atom. The fraction of sp³-hybridized carbons (Fsp3) is 0.875. The van der Waals surface area contributed by atoms with Crippen LogP contribution in [0.15, 0.2) is 11.6 Å². The van der Waals surface area contributed by atoms with E-state index in [0.717, 1.165) is 18.9 Å². The molecule has 3 rings (SSSR count). The summed E-state index contributed by atoms with van der Waals surface area (Å²) in [5, 5.41) is 0. The van der Waals surface area contributed by atoms with Gasteiger partial charge in [0.15, 0.2) is 0 Å². The molecule has 2 fully saturated rings. The minimum atomic E-state index is 0.131. The van der Waals surface area contributed by atoms with Gasteiger partial charge in [-0.1, -0.05) is 38.8 Å². The van der Waals surface area contributed by atoms with Crippen molar-refractivity contribution in [3.63, 3.8) is 0 Å². The molecular formula is C16H26O. The Bertz CT molecular complexity index is 368. The summed E-state index contributed by atoms with van der Waals surface area (Å²) in [6, 6.07) is 0. The molecule has 3 aliphatic rings. The molecular weight excluding hydrogens is 208 g/mol. The molecule has 1 heteroatoms. The van der Waals surface area contributed by atoms with Crippen LogP contribution < -0.4 is 0 Å². The van der Waals surface area contributed by atoms with Gasteiger partial charge in [-0.2, -0.15) is 0 Å². The highest BCUT2D eigenvalue weighted by atomic mass is 16.5. The van der Waals surface area contributed by atoms with Crippen LogP contribution in [0.2, 0.25) is 0 Å². The zero-order valence-corrected chi connectivity index (χ0v) is 11.8. The van der Waals surface area contributed by atoms with E-state index in [2.05, 4.69) is 33.8 Å². The molecule has 1 nitrogen and oxygen atoms in total. The van der Waals surface area contributed by atoms with E-state index in [-0.39, 0.29) is 5.60 Å². The standard InChI is InChI=1S/C16H26O/c1-14(2)8-5-9-15(3)12(14)6-10-16(4)13(15)7-11-17-16/h6,13H,5,7-11H2,1-4H3/t13-,15+,16+/m0/s1. The van der Waals surface area contributed by atoms with Crippen LogP contribution >= 0.6 is 0 Å². The smallest absolute Gasteiger partial charge is 0.0726 e. The molecule has 0 aromatic heterocycles. The molecule has 1 aliphatic heterocycles. The summed E-state index contributed by atoms with van der Waals surface area (Å²) >= 11 is 0. The first-order chi connectivity index (χ1) is 7.89. The lowest BCUT2D eigenvalue weighted by Gasteiger charge is -2.55. The van der Waals surface area contributed by atoms with Crippen LogP contribution in [0.25, 0.3) is 0 Å². The number of hydrogen-bond donors (Lipinski definition) is 0. The van der Waals surface area contributed by atoms with Gasteiger partial charge in [-0.15, -0.1) is 0 Å². The average Bonchev–Trinajstić information content (AvgIpc) is 2.60. The molecule has 17 heavy (non-hydrogen) atoms. The van der Waals surface area contributed by atoms with E-state index in [1.807, 2.05) is 0 Å². The summed E-state index contributed by atoms with van der Waals surface area (Å²) in [6.45, 7) is 10.7. The number of allylic oxidation sites excluding steroid dienone is 1. The number of rotatable bonds is 0. The minimum absolute atomic E-state index is 0.131. The molecule has 2 aliphatic carbocycles. The lowest BCUT2D eigenvalue weighted by Crippen LogP contribution is -2.50. The largest absolute Gasteiger partial charge is 0.375 e. The van der Waals surface area contributed by atoms with Gasteiger partial charge in [-0.05, 0) is 49.4 Å². The van der Waals surface area contributed by atoms with Crippen molar-refractivity contribution in [3.05, 3.63) is 11.6 Å². The molecule has 0 aromatic rings. The van der Waals surface area contributed by atoms with Crippen LogP contribution in [-0.4, -0.2) is 12.2 Å². The van der Waals surface area contributed by atoms with Crippen LogP contribution in [0.1, 0.15) is 59.8 Å². The lowest BCUT2D eigenvalue weighted by molar-refractivity contribution is -0.0523. The normalized spacial score (nSPS) is 48.2. The van der Waals surface area contributed by atoms with E-state index in [1.165, 1.54) is 25.7 Å². The van der Waals surface area contributed by atoms with Gasteiger partial charge < -0.3 is 4.74 Å². The van der Waals surface area contributed by atoms with Gasteiger partial charge >= 0.3 is 0 Å². The third-order valence-corrected chi connectivity index (χ3v) is 5.90. The number of hydrogen-bond acceptors (Lipinski definition) is 1. The summed E-state index contributed by atoms with van der Waals surface area (Å²) in [6.07, 6.45) is 9.03. The molecule has 96 valence electrons. The Hall–Kier alpha value is -0.300. The van der Waals surface area contributed by atoms with Crippen molar-refractivity contribution in [2.45, 2.75) is 65.4 Å². The summed E-state index contributed by atoms with van der Waals surface area (Å²) in [4.78, 5) is 0.